The first kappa shape index (κ1) is 26.6. The molecule has 1 atom stereocenters. The zero-order valence-corrected chi connectivity index (χ0v) is 20.7. The van der Waals surface area contributed by atoms with Gasteiger partial charge in [0.05, 0.1) is 16.1 Å². The van der Waals surface area contributed by atoms with Crippen LogP contribution in [0.1, 0.15) is 54.9 Å². The van der Waals surface area contributed by atoms with E-state index in [2.05, 4.69) is 10.3 Å². The van der Waals surface area contributed by atoms with Gasteiger partial charge in [-0.05, 0) is 55.7 Å². The Labute approximate surface area is 211 Å². The van der Waals surface area contributed by atoms with E-state index in [0.717, 1.165) is 49.1 Å². The Morgan fingerprint density at radius 1 is 1.08 bits per heavy atom. The summed E-state index contributed by atoms with van der Waals surface area (Å²) in [6.07, 6.45) is 7.84. The smallest absolute Gasteiger partial charge is 0.349 e. The number of sulfone groups is 1. The third kappa shape index (κ3) is 5.17. The number of imide groups is 1. The SMILES string of the molecule is CC1C(=O)N(c2ccc(S(=O)(=O)C(F)(F)F)cc2)C(=O)N1Cc1ccncc1C(=O)NC1CCCCC1. The Kier molecular flexibility index (Phi) is 7.27. The summed E-state index contributed by atoms with van der Waals surface area (Å²) in [4.78, 5) is 44.1. The lowest BCUT2D eigenvalue weighted by atomic mass is 9.95. The number of carbonyl (C=O) groups is 3. The van der Waals surface area contributed by atoms with Gasteiger partial charge in [-0.25, -0.2) is 18.1 Å². The lowest BCUT2D eigenvalue weighted by Crippen LogP contribution is -2.38. The van der Waals surface area contributed by atoms with Crippen LogP contribution in [-0.2, 0) is 21.2 Å². The molecular formula is C24H25F3N4O5S. The predicted octanol–water partition coefficient (Wildman–Crippen LogP) is 3.79. The molecule has 0 radical (unpaired) electrons. The second-order valence-electron chi connectivity index (χ2n) is 9.04. The maximum absolute atomic E-state index is 13.2. The van der Waals surface area contributed by atoms with Crippen molar-refractivity contribution in [2.45, 2.75) is 68.1 Å². The van der Waals surface area contributed by atoms with Crippen molar-refractivity contribution in [3.05, 3.63) is 53.9 Å². The molecular weight excluding hydrogens is 513 g/mol. The number of halogens is 3. The van der Waals surface area contributed by atoms with Crippen LogP contribution in [0.5, 0.6) is 0 Å². The number of pyridine rings is 1. The number of nitrogens with one attached hydrogen (secondary N) is 1. The number of alkyl halides is 3. The molecule has 37 heavy (non-hydrogen) atoms. The van der Waals surface area contributed by atoms with Crippen LogP contribution < -0.4 is 10.2 Å². The zero-order valence-electron chi connectivity index (χ0n) is 19.9. The fourth-order valence-corrected chi connectivity index (χ4v) is 5.28. The largest absolute Gasteiger partial charge is 0.501 e. The van der Waals surface area contributed by atoms with Crippen LogP contribution in [0.3, 0.4) is 0 Å². The van der Waals surface area contributed by atoms with Gasteiger partial charge in [0.1, 0.15) is 6.04 Å². The van der Waals surface area contributed by atoms with Gasteiger partial charge in [-0.3, -0.25) is 14.6 Å². The molecule has 4 rings (SSSR count). The fourth-order valence-electron chi connectivity index (χ4n) is 4.52. The summed E-state index contributed by atoms with van der Waals surface area (Å²) in [5.74, 6) is -0.961. The van der Waals surface area contributed by atoms with Crippen molar-refractivity contribution in [2.24, 2.45) is 0 Å². The van der Waals surface area contributed by atoms with Gasteiger partial charge in [0.15, 0.2) is 0 Å². The number of anilines is 1. The lowest BCUT2D eigenvalue weighted by Gasteiger charge is -2.24. The summed E-state index contributed by atoms with van der Waals surface area (Å²) in [5, 5.41) is 3.01. The highest BCUT2D eigenvalue weighted by Crippen LogP contribution is 2.33. The van der Waals surface area contributed by atoms with Crippen molar-refractivity contribution >= 4 is 33.4 Å². The molecule has 0 spiro atoms. The lowest BCUT2D eigenvalue weighted by molar-refractivity contribution is -0.119. The molecule has 1 N–H and O–H groups in total. The normalized spacial score (nSPS) is 19.4. The van der Waals surface area contributed by atoms with Gasteiger partial charge in [-0.2, -0.15) is 13.2 Å². The fraction of sp³-hybridized carbons (Fsp3) is 0.417. The van der Waals surface area contributed by atoms with Crippen LogP contribution in [-0.4, -0.2) is 53.7 Å². The molecule has 1 saturated carbocycles. The summed E-state index contributed by atoms with van der Waals surface area (Å²) in [7, 11) is -5.57. The van der Waals surface area contributed by atoms with Crippen LogP contribution in [0.15, 0.2) is 47.6 Å². The molecule has 2 aliphatic rings. The average molecular weight is 539 g/mol. The molecule has 1 unspecified atom stereocenters. The van der Waals surface area contributed by atoms with Crippen molar-refractivity contribution in [2.75, 3.05) is 4.90 Å². The standard InChI is InChI=1S/C24H25F3N4O5S/c1-15-22(33)31(18-7-9-19(10-8-18)37(35,36)24(25,26)27)23(34)30(15)14-16-11-12-28-13-20(16)21(32)29-17-5-3-2-4-6-17/h7-13,15,17H,2-6,14H2,1H3,(H,29,32). The summed E-state index contributed by atoms with van der Waals surface area (Å²) in [6, 6.07) is 3.29. The molecule has 13 heteroatoms. The Balaban J connectivity index is 1.54. The number of hydrogen-bond acceptors (Lipinski definition) is 6. The van der Waals surface area contributed by atoms with Crippen molar-refractivity contribution in [3.8, 4) is 0 Å². The van der Waals surface area contributed by atoms with Gasteiger partial charge in [0, 0.05) is 25.0 Å². The summed E-state index contributed by atoms with van der Waals surface area (Å²) < 4.78 is 61.7. The molecule has 1 aliphatic carbocycles. The van der Waals surface area contributed by atoms with Gasteiger partial charge in [0.25, 0.3) is 21.7 Å². The van der Waals surface area contributed by atoms with Gasteiger partial charge < -0.3 is 10.2 Å². The Morgan fingerprint density at radius 3 is 2.35 bits per heavy atom. The van der Waals surface area contributed by atoms with Crippen LogP contribution >= 0.6 is 0 Å². The van der Waals surface area contributed by atoms with E-state index < -0.39 is 38.2 Å². The summed E-state index contributed by atoms with van der Waals surface area (Å²) in [6.45, 7) is 1.41. The molecule has 9 nitrogen and oxygen atoms in total. The number of hydrogen-bond donors (Lipinski definition) is 1. The number of rotatable bonds is 6. The molecule has 2 aromatic rings. The summed E-state index contributed by atoms with van der Waals surface area (Å²) in [5.41, 5.74) is -4.80. The third-order valence-corrected chi connectivity index (χ3v) is 8.13. The van der Waals surface area contributed by atoms with Crippen molar-refractivity contribution in [3.63, 3.8) is 0 Å². The molecule has 198 valence electrons. The molecule has 1 aromatic heterocycles. The Hall–Kier alpha value is -3.48. The van der Waals surface area contributed by atoms with Crippen molar-refractivity contribution in [1.29, 1.82) is 0 Å². The van der Waals surface area contributed by atoms with E-state index >= 15 is 0 Å². The molecule has 1 aromatic carbocycles. The minimum absolute atomic E-state index is 0.0582. The van der Waals surface area contributed by atoms with Crippen molar-refractivity contribution in [1.82, 2.24) is 15.2 Å². The highest BCUT2D eigenvalue weighted by Gasteiger charge is 2.47. The first-order chi connectivity index (χ1) is 17.4. The molecule has 1 aliphatic heterocycles. The molecule has 2 heterocycles. The summed E-state index contributed by atoms with van der Waals surface area (Å²) >= 11 is 0. The maximum Gasteiger partial charge on any atom is 0.501 e. The molecule has 2 fully saturated rings. The molecule has 0 bridgehead atoms. The monoisotopic (exact) mass is 538 g/mol. The quantitative estimate of drug-likeness (QED) is 0.560. The average Bonchev–Trinajstić information content (AvgIpc) is 3.07. The topological polar surface area (TPSA) is 117 Å². The van der Waals surface area contributed by atoms with E-state index in [-0.39, 0.29) is 29.7 Å². The zero-order chi connectivity index (χ0) is 27.0. The Morgan fingerprint density at radius 2 is 1.73 bits per heavy atom. The number of nitrogens with zero attached hydrogens (tertiary/aromatic N) is 3. The highest BCUT2D eigenvalue weighted by atomic mass is 32.2. The van der Waals surface area contributed by atoms with E-state index in [1.165, 1.54) is 24.2 Å². The second-order valence-corrected chi connectivity index (χ2v) is 11.0. The number of benzene rings is 1. The van der Waals surface area contributed by atoms with Gasteiger partial charge >= 0.3 is 11.5 Å². The number of urea groups is 1. The van der Waals surface area contributed by atoms with E-state index in [9.17, 15) is 36.0 Å². The minimum atomic E-state index is -5.57. The predicted molar refractivity (Wildman–Crippen MR) is 126 cm³/mol. The van der Waals surface area contributed by atoms with Gasteiger partial charge in [0.2, 0.25) is 0 Å². The maximum atomic E-state index is 13.2. The number of aromatic nitrogens is 1. The number of amides is 4. The van der Waals surface area contributed by atoms with Crippen molar-refractivity contribution < 1.29 is 36.0 Å². The third-order valence-electron chi connectivity index (χ3n) is 6.63. The Bertz CT molecular complexity index is 1310. The van der Waals surface area contributed by atoms with Crippen LogP contribution in [0.2, 0.25) is 0 Å². The molecule has 4 amide bonds. The first-order valence-electron chi connectivity index (χ1n) is 11.7. The van der Waals surface area contributed by atoms with E-state index in [0.29, 0.717) is 17.7 Å². The van der Waals surface area contributed by atoms with E-state index in [1.807, 2.05) is 0 Å². The van der Waals surface area contributed by atoms with E-state index in [4.69, 9.17) is 0 Å². The highest BCUT2D eigenvalue weighted by molar-refractivity contribution is 7.92. The van der Waals surface area contributed by atoms with Crippen LogP contribution in [0, 0.1) is 0 Å². The van der Waals surface area contributed by atoms with E-state index in [1.54, 1.807) is 6.07 Å². The van der Waals surface area contributed by atoms with Crippen LogP contribution in [0.25, 0.3) is 0 Å². The van der Waals surface area contributed by atoms with Gasteiger partial charge in [-0.15, -0.1) is 0 Å². The minimum Gasteiger partial charge on any atom is -0.349 e. The van der Waals surface area contributed by atoms with Crippen LogP contribution in [0.4, 0.5) is 23.7 Å². The van der Waals surface area contributed by atoms with Gasteiger partial charge in [-0.1, -0.05) is 19.3 Å². The first-order valence-corrected chi connectivity index (χ1v) is 13.2. The molecule has 1 saturated heterocycles. The number of carbonyl (C=O) groups excluding carboxylic acids is 3. The second kappa shape index (κ2) is 10.1.